The highest BCUT2D eigenvalue weighted by atomic mass is 32.2. The van der Waals surface area contributed by atoms with E-state index in [-0.39, 0.29) is 17.5 Å². The van der Waals surface area contributed by atoms with E-state index in [1.807, 2.05) is 11.5 Å². The molecule has 1 saturated heterocycles. The van der Waals surface area contributed by atoms with Crippen molar-refractivity contribution < 1.29 is 31.1 Å². The highest BCUT2D eigenvalue weighted by molar-refractivity contribution is 7.89. The van der Waals surface area contributed by atoms with Gasteiger partial charge in [0.15, 0.2) is 0 Å². The van der Waals surface area contributed by atoms with Crippen LogP contribution in [-0.2, 0) is 27.5 Å². The largest absolute Gasteiger partial charge is 0.417 e. The molecule has 2 N–H and O–H groups in total. The van der Waals surface area contributed by atoms with Gasteiger partial charge in [-0.3, -0.25) is 4.79 Å². The summed E-state index contributed by atoms with van der Waals surface area (Å²) in [4.78, 5) is 12.5. The number of benzene rings is 1. The number of hydrogen-bond donors (Lipinski definition) is 2. The van der Waals surface area contributed by atoms with Crippen LogP contribution in [0.2, 0.25) is 0 Å². The van der Waals surface area contributed by atoms with Crippen LogP contribution in [0.1, 0.15) is 87.3 Å². The molecule has 7 nitrogen and oxygen atoms in total. The van der Waals surface area contributed by atoms with Crippen LogP contribution in [0.4, 0.5) is 13.2 Å². The molecule has 1 aliphatic heterocycles. The van der Waals surface area contributed by atoms with Crippen molar-refractivity contribution in [1.82, 2.24) is 14.6 Å². The van der Waals surface area contributed by atoms with Crippen LogP contribution >= 0.6 is 0 Å². The third kappa shape index (κ3) is 7.28. The summed E-state index contributed by atoms with van der Waals surface area (Å²) >= 11 is 0. The van der Waals surface area contributed by atoms with E-state index in [4.69, 9.17) is 4.74 Å². The Morgan fingerprint density at radius 2 is 1.75 bits per heavy atom. The normalized spacial score (nSPS) is 19.5. The fourth-order valence-corrected chi connectivity index (χ4v) is 7.33. The van der Waals surface area contributed by atoms with Crippen LogP contribution in [0, 0.1) is 12.8 Å². The fourth-order valence-electron chi connectivity index (χ4n) is 5.70. The molecule has 1 aliphatic carbocycles. The number of alkyl halides is 3. The van der Waals surface area contributed by atoms with Crippen molar-refractivity contribution in [2.75, 3.05) is 13.2 Å². The van der Waals surface area contributed by atoms with E-state index in [1.165, 1.54) is 12.5 Å². The van der Waals surface area contributed by atoms with Crippen LogP contribution in [0.3, 0.4) is 0 Å². The molecule has 4 rings (SSSR count). The van der Waals surface area contributed by atoms with Crippen molar-refractivity contribution >= 4 is 15.9 Å². The first kappa shape index (κ1) is 30.6. The van der Waals surface area contributed by atoms with Gasteiger partial charge in [-0.2, -0.15) is 13.2 Å². The minimum absolute atomic E-state index is 0.123. The lowest BCUT2D eigenvalue weighted by atomic mass is 9.89. The summed E-state index contributed by atoms with van der Waals surface area (Å²) in [7, 11) is -4.45. The van der Waals surface area contributed by atoms with Gasteiger partial charge < -0.3 is 14.6 Å². The minimum Gasteiger partial charge on any atom is -0.379 e. The average Bonchev–Trinajstić information content (AvgIpc) is 3.19. The zero-order valence-corrected chi connectivity index (χ0v) is 24.5. The second-order valence-electron chi connectivity index (χ2n) is 12.1. The highest BCUT2D eigenvalue weighted by Crippen LogP contribution is 2.39. The number of nitrogens with zero attached hydrogens (tertiary/aromatic N) is 1. The molecule has 0 radical (unpaired) electrons. The molecule has 222 valence electrons. The Morgan fingerprint density at radius 1 is 1.05 bits per heavy atom. The molecule has 2 aromatic rings. The third-order valence-electron chi connectivity index (χ3n) is 7.58. The van der Waals surface area contributed by atoms with E-state index in [0.29, 0.717) is 42.6 Å². The molecule has 0 spiro atoms. The molecule has 0 bridgehead atoms. The number of carbonyl (C=O) groups is 1. The van der Waals surface area contributed by atoms with Gasteiger partial charge in [-0.05, 0) is 83.1 Å². The summed E-state index contributed by atoms with van der Waals surface area (Å²) < 4.78 is 78.5. The number of sulfonamides is 1. The van der Waals surface area contributed by atoms with E-state index in [1.54, 1.807) is 26.8 Å². The molecule has 2 aliphatic rings. The molecule has 40 heavy (non-hydrogen) atoms. The molecule has 1 saturated carbocycles. The maximum Gasteiger partial charge on any atom is 0.417 e. The lowest BCUT2D eigenvalue weighted by Crippen LogP contribution is -2.41. The van der Waals surface area contributed by atoms with Gasteiger partial charge in [0.2, 0.25) is 10.0 Å². The van der Waals surface area contributed by atoms with Gasteiger partial charge in [-0.25, -0.2) is 13.1 Å². The Balaban J connectivity index is 1.79. The van der Waals surface area contributed by atoms with Crippen LogP contribution in [-0.4, -0.2) is 43.7 Å². The summed E-state index contributed by atoms with van der Waals surface area (Å²) in [5.41, 5.74) is -0.453. The summed E-state index contributed by atoms with van der Waals surface area (Å²) in [5.74, 6) is 0.0558. The first-order valence-electron chi connectivity index (χ1n) is 14.0. The molecule has 2 fully saturated rings. The second kappa shape index (κ2) is 11.9. The summed E-state index contributed by atoms with van der Waals surface area (Å²) in [6.07, 6.45) is 2.13. The Kier molecular flexibility index (Phi) is 9.06. The Hall–Kier alpha value is -2.37. The molecular formula is C29H40F3N3O4S. The highest BCUT2D eigenvalue weighted by Gasteiger charge is 2.39. The summed E-state index contributed by atoms with van der Waals surface area (Å²) in [6.45, 7) is 8.18. The number of hydrogen-bond acceptors (Lipinski definition) is 4. The molecule has 2 heterocycles. The van der Waals surface area contributed by atoms with Gasteiger partial charge in [0, 0.05) is 30.1 Å². The summed E-state index contributed by atoms with van der Waals surface area (Å²) in [5, 5.41) is 3.01. The first-order chi connectivity index (χ1) is 18.7. The lowest BCUT2D eigenvalue weighted by molar-refractivity contribution is -0.139. The number of carbonyl (C=O) groups excluding carboxylic acids is 1. The molecule has 1 amide bonds. The standard InChI is InChI=1S/C29H40F3N3O4S/c1-19-23(27(36)33-22-11-8-14-39-18-22)16-25(35(19)17-20-9-6-5-7-10-20)21-12-13-26(24(15-21)29(30,31)32)40(37,38)34-28(2,3)4/h12-13,15-16,20,22,34H,5-11,14,17-18H2,1-4H3,(H,33,36)/t22-/m0/s1. The zero-order chi connectivity index (χ0) is 29.3. The fraction of sp³-hybridized carbons (Fsp3) is 0.621. The van der Waals surface area contributed by atoms with Crippen molar-refractivity contribution in [3.63, 3.8) is 0 Å². The molecule has 1 atom stereocenters. The topological polar surface area (TPSA) is 89.4 Å². The Labute approximate surface area is 234 Å². The van der Waals surface area contributed by atoms with Crippen LogP contribution in [0.15, 0.2) is 29.2 Å². The number of halogens is 3. The number of rotatable bonds is 7. The minimum atomic E-state index is -4.91. The third-order valence-corrected chi connectivity index (χ3v) is 9.40. The van der Waals surface area contributed by atoms with E-state index < -0.39 is 32.2 Å². The molecule has 11 heteroatoms. The van der Waals surface area contributed by atoms with Crippen molar-refractivity contribution in [2.45, 2.75) is 102 Å². The van der Waals surface area contributed by atoms with Gasteiger partial charge in [-0.1, -0.05) is 25.3 Å². The van der Waals surface area contributed by atoms with Gasteiger partial charge in [-0.15, -0.1) is 0 Å². The van der Waals surface area contributed by atoms with E-state index in [9.17, 15) is 26.4 Å². The predicted octanol–water partition coefficient (Wildman–Crippen LogP) is 6.05. The SMILES string of the molecule is Cc1c(C(=O)N[C@H]2CCCOC2)cc(-c2ccc(S(=O)(=O)NC(C)(C)C)c(C(F)(F)F)c2)n1CC1CCCCC1. The summed E-state index contributed by atoms with van der Waals surface area (Å²) in [6, 6.07) is 4.81. The maximum atomic E-state index is 14.3. The van der Waals surface area contributed by atoms with Crippen molar-refractivity contribution in [3.05, 3.63) is 41.1 Å². The van der Waals surface area contributed by atoms with Crippen molar-refractivity contribution in [1.29, 1.82) is 0 Å². The van der Waals surface area contributed by atoms with Crippen LogP contribution in [0.25, 0.3) is 11.3 Å². The smallest absolute Gasteiger partial charge is 0.379 e. The van der Waals surface area contributed by atoms with Crippen molar-refractivity contribution in [2.24, 2.45) is 5.92 Å². The van der Waals surface area contributed by atoms with E-state index in [2.05, 4.69) is 10.0 Å². The Bertz CT molecular complexity index is 1320. The molecule has 1 aromatic heterocycles. The van der Waals surface area contributed by atoms with E-state index in [0.717, 1.165) is 50.7 Å². The number of nitrogens with one attached hydrogen (secondary N) is 2. The van der Waals surface area contributed by atoms with Crippen LogP contribution < -0.4 is 10.0 Å². The quantitative estimate of drug-likeness (QED) is 0.416. The monoisotopic (exact) mass is 583 g/mol. The molecule has 1 aromatic carbocycles. The number of aromatic nitrogens is 1. The average molecular weight is 584 g/mol. The first-order valence-corrected chi connectivity index (χ1v) is 15.5. The van der Waals surface area contributed by atoms with E-state index >= 15 is 0 Å². The zero-order valence-electron chi connectivity index (χ0n) is 23.7. The van der Waals surface area contributed by atoms with Crippen LogP contribution in [0.5, 0.6) is 0 Å². The maximum absolute atomic E-state index is 14.3. The van der Waals surface area contributed by atoms with Crippen molar-refractivity contribution in [3.8, 4) is 11.3 Å². The molecule has 0 unspecified atom stereocenters. The predicted molar refractivity (Wildman–Crippen MR) is 148 cm³/mol. The number of amides is 1. The number of ether oxygens (including phenoxy) is 1. The van der Waals surface area contributed by atoms with Gasteiger partial charge in [0.25, 0.3) is 5.91 Å². The van der Waals surface area contributed by atoms with Gasteiger partial charge in [0.05, 0.1) is 28.7 Å². The van der Waals surface area contributed by atoms with Gasteiger partial charge >= 0.3 is 6.18 Å². The Morgan fingerprint density at radius 3 is 2.35 bits per heavy atom. The van der Waals surface area contributed by atoms with Gasteiger partial charge in [0.1, 0.15) is 0 Å². The lowest BCUT2D eigenvalue weighted by Gasteiger charge is -2.25. The molecular weight excluding hydrogens is 543 g/mol. The second-order valence-corrected chi connectivity index (χ2v) is 13.7.